The first-order valence-electron chi connectivity index (χ1n) is 8.09. The zero-order valence-corrected chi connectivity index (χ0v) is 18.4. The van der Waals surface area contributed by atoms with Crippen molar-refractivity contribution in [2.45, 2.75) is 0 Å². The van der Waals surface area contributed by atoms with Crippen molar-refractivity contribution in [2.75, 3.05) is 20.3 Å². The molecule has 28 heavy (non-hydrogen) atoms. The Balaban J connectivity index is 1.68. The number of hydrogen-bond donors (Lipinski definition) is 1. The van der Waals surface area contributed by atoms with Crippen LogP contribution in [0.1, 0.15) is 5.56 Å². The average Bonchev–Trinajstić information content (AvgIpc) is 2.93. The lowest BCUT2D eigenvalue weighted by molar-refractivity contribution is -0.123. The summed E-state index contributed by atoms with van der Waals surface area (Å²) in [6.07, 6.45) is 1.61. The van der Waals surface area contributed by atoms with Crippen LogP contribution in [0.2, 0.25) is 5.02 Å². The Morgan fingerprint density at radius 1 is 1.25 bits per heavy atom. The summed E-state index contributed by atoms with van der Waals surface area (Å²) >= 11 is 8.66. The van der Waals surface area contributed by atoms with Crippen LogP contribution in [-0.2, 0) is 4.79 Å². The first-order valence-corrected chi connectivity index (χ1v) is 10.4. The summed E-state index contributed by atoms with van der Waals surface area (Å²) in [5.74, 6) is 0.566. The molecule has 0 aliphatic carbocycles. The van der Waals surface area contributed by atoms with Crippen LogP contribution in [0.3, 0.4) is 0 Å². The maximum Gasteiger partial charge on any atom is 0.293 e. The van der Waals surface area contributed by atoms with Crippen molar-refractivity contribution in [3.05, 3.63) is 55.5 Å². The predicted molar refractivity (Wildman–Crippen MR) is 117 cm³/mol. The van der Waals surface area contributed by atoms with Gasteiger partial charge in [0, 0.05) is 5.02 Å². The minimum Gasteiger partial charge on any atom is -0.504 e. The molecule has 146 valence electrons. The monoisotopic (exact) mass is 531 g/mol. The molecular formula is C19H15ClINO5S. The molecule has 3 rings (SSSR count). The SMILES string of the molecule is COc1cc(/C=C2\SC(=O)N(CCOc3ccc(Cl)cc3)C2=O)cc(I)c1O. The lowest BCUT2D eigenvalue weighted by Gasteiger charge is -2.13. The number of aromatic hydroxyl groups is 1. The Bertz CT molecular complexity index is 948. The molecule has 0 spiro atoms. The van der Waals surface area contributed by atoms with E-state index in [0.29, 0.717) is 30.6 Å². The third kappa shape index (κ3) is 4.73. The molecule has 0 saturated carbocycles. The van der Waals surface area contributed by atoms with Crippen molar-refractivity contribution in [3.63, 3.8) is 0 Å². The molecule has 0 radical (unpaired) electrons. The molecule has 0 unspecified atom stereocenters. The number of ether oxygens (including phenoxy) is 2. The summed E-state index contributed by atoms with van der Waals surface area (Å²) in [5, 5.41) is 10.2. The first-order chi connectivity index (χ1) is 13.4. The summed E-state index contributed by atoms with van der Waals surface area (Å²) < 4.78 is 11.3. The third-order valence-corrected chi connectivity index (χ3v) is 5.82. The zero-order chi connectivity index (χ0) is 20.3. The van der Waals surface area contributed by atoms with E-state index in [-0.39, 0.29) is 30.0 Å². The number of hydrogen-bond acceptors (Lipinski definition) is 6. The van der Waals surface area contributed by atoms with Gasteiger partial charge in [0.2, 0.25) is 0 Å². The van der Waals surface area contributed by atoms with Crippen LogP contribution in [-0.4, -0.2) is 41.4 Å². The molecule has 2 amide bonds. The fourth-order valence-corrected chi connectivity index (χ4v) is 4.08. The number of thioether (sulfide) groups is 1. The van der Waals surface area contributed by atoms with E-state index in [9.17, 15) is 14.7 Å². The number of methoxy groups -OCH3 is 1. The minimum absolute atomic E-state index is 0.0349. The lowest BCUT2D eigenvalue weighted by Crippen LogP contribution is -2.32. The number of benzene rings is 2. The van der Waals surface area contributed by atoms with Crippen LogP contribution in [0.15, 0.2) is 41.3 Å². The van der Waals surface area contributed by atoms with Crippen LogP contribution in [0.5, 0.6) is 17.2 Å². The normalized spacial score (nSPS) is 15.4. The molecular weight excluding hydrogens is 517 g/mol. The van der Waals surface area contributed by atoms with E-state index < -0.39 is 0 Å². The van der Waals surface area contributed by atoms with Gasteiger partial charge in [-0.3, -0.25) is 14.5 Å². The number of imide groups is 1. The molecule has 1 saturated heterocycles. The molecule has 1 heterocycles. The van der Waals surface area contributed by atoms with Crippen molar-refractivity contribution in [1.82, 2.24) is 4.90 Å². The Hall–Kier alpha value is -1.91. The van der Waals surface area contributed by atoms with Crippen LogP contribution >= 0.6 is 46.0 Å². The quantitative estimate of drug-likeness (QED) is 0.427. The predicted octanol–water partition coefficient (Wildman–Crippen LogP) is 4.77. The number of carbonyl (C=O) groups is 2. The summed E-state index contributed by atoms with van der Waals surface area (Å²) in [6.45, 7) is 0.318. The highest BCUT2D eigenvalue weighted by Gasteiger charge is 2.34. The topological polar surface area (TPSA) is 76.1 Å². The number of nitrogens with zero attached hydrogens (tertiary/aromatic N) is 1. The maximum absolute atomic E-state index is 12.6. The molecule has 0 aromatic heterocycles. The highest BCUT2D eigenvalue weighted by atomic mass is 127. The van der Waals surface area contributed by atoms with E-state index in [1.165, 1.54) is 7.11 Å². The van der Waals surface area contributed by atoms with Crippen LogP contribution in [0.4, 0.5) is 4.79 Å². The summed E-state index contributed by atoms with van der Waals surface area (Å²) in [5.41, 5.74) is 0.655. The Morgan fingerprint density at radius 2 is 1.96 bits per heavy atom. The van der Waals surface area contributed by atoms with Gasteiger partial charge in [-0.15, -0.1) is 0 Å². The minimum atomic E-state index is -0.378. The van der Waals surface area contributed by atoms with E-state index in [2.05, 4.69) is 0 Å². The van der Waals surface area contributed by atoms with Gasteiger partial charge in [-0.1, -0.05) is 11.6 Å². The fraction of sp³-hybridized carbons (Fsp3) is 0.158. The second kappa shape index (κ2) is 9.06. The molecule has 6 nitrogen and oxygen atoms in total. The smallest absolute Gasteiger partial charge is 0.293 e. The fourth-order valence-electron chi connectivity index (χ4n) is 2.46. The van der Waals surface area contributed by atoms with Gasteiger partial charge in [0.15, 0.2) is 11.5 Å². The van der Waals surface area contributed by atoms with Gasteiger partial charge >= 0.3 is 0 Å². The Morgan fingerprint density at radius 3 is 2.64 bits per heavy atom. The molecule has 1 aliphatic heterocycles. The number of carbonyl (C=O) groups excluding carboxylic acids is 2. The van der Waals surface area contributed by atoms with E-state index in [1.54, 1.807) is 42.5 Å². The van der Waals surface area contributed by atoms with Gasteiger partial charge in [-0.25, -0.2) is 0 Å². The van der Waals surface area contributed by atoms with Crippen molar-refractivity contribution in [3.8, 4) is 17.2 Å². The molecule has 0 bridgehead atoms. The number of amides is 2. The first kappa shape index (κ1) is 20.8. The van der Waals surface area contributed by atoms with E-state index >= 15 is 0 Å². The number of phenolic OH excluding ortho intramolecular Hbond substituents is 1. The molecule has 2 aromatic carbocycles. The summed E-state index contributed by atoms with van der Waals surface area (Å²) in [6, 6.07) is 10.1. The van der Waals surface area contributed by atoms with E-state index in [4.69, 9.17) is 21.1 Å². The lowest BCUT2D eigenvalue weighted by atomic mass is 10.2. The van der Waals surface area contributed by atoms with Crippen molar-refractivity contribution in [2.24, 2.45) is 0 Å². The number of rotatable bonds is 6. The highest BCUT2D eigenvalue weighted by Crippen LogP contribution is 2.36. The second-order valence-electron chi connectivity index (χ2n) is 5.69. The van der Waals surface area contributed by atoms with Crippen molar-refractivity contribution < 1.29 is 24.2 Å². The van der Waals surface area contributed by atoms with Crippen LogP contribution in [0, 0.1) is 3.57 Å². The molecule has 9 heteroatoms. The molecule has 1 fully saturated rings. The zero-order valence-electron chi connectivity index (χ0n) is 14.6. The van der Waals surface area contributed by atoms with Crippen molar-refractivity contribution >= 4 is 63.2 Å². The summed E-state index contributed by atoms with van der Waals surface area (Å²) in [7, 11) is 1.45. The third-order valence-electron chi connectivity index (χ3n) is 3.84. The second-order valence-corrected chi connectivity index (χ2v) is 8.28. The van der Waals surface area contributed by atoms with Gasteiger partial charge in [0.05, 0.1) is 22.1 Å². The summed E-state index contributed by atoms with van der Waals surface area (Å²) in [4.78, 5) is 26.2. The highest BCUT2D eigenvalue weighted by molar-refractivity contribution is 14.1. The molecule has 1 aliphatic rings. The van der Waals surface area contributed by atoms with Gasteiger partial charge in [-0.2, -0.15) is 0 Å². The largest absolute Gasteiger partial charge is 0.504 e. The molecule has 1 N–H and O–H groups in total. The standard InChI is InChI=1S/C19H15ClINO5S/c1-26-15-9-11(8-14(21)17(15)23)10-16-18(24)22(19(25)28-16)6-7-27-13-4-2-12(20)3-5-13/h2-5,8-10,23H,6-7H2,1H3/b16-10-. The Labute approximate surface area is 184 Å². The van der Waals surface area contributed by atoms with Crippen molar-refractivity contribution in [1.29, 1.82) is 0 Å². The maximum atomic E-state index is 12.6. The average molecular weight is 532 g/mol. The van der Waals surface area contributed by atoms with E-state index in [1.807, 2.05) is 22.6 Å². The molecule has 2 aromatic rings. The number of phenols is 1. The van der Waals surface area contributed by atoms with Gasteiger partial charge in [0.25, 0.3) is 11.1 Å². The van der Waals surface area contributed by atoms with E-state index in [0.717, 1.165) is 16.7 Å². The van der Waals surface area contributed by atoms with Gasteiger partial charge in [-0.05, 0) is 82.4 Å². The molecule has 0 atom stereocenters. The van der Waals surface area contributed by atoms with Crippen LogP contribution in [0.25, 0.3) is 6.08 Å². The van der Waals surface area contributed by atoms with Gasteiger partial charge in [0.1, 0.15) is 12.4 Å². The van der Waals surface area contributed by atoms with Gasteiger partial charge < -0.3 is 14.6 Å². The van der Waals surface area contributed by atoms with Crippen LogP contribution < -0.4 is 9.47 Å². The Kier molecular flexibility index (Phi) is 6.73. The number of halogens is 2.